The number of hydrogen-bond donors (Lipinski definition) is 0. The molecule has 1 aliphatic heterocycles. The zero-order valence-electron chi connectivity index (χ0n) is 18.3. The summed E-state index contributed by atoms with van der Waals surface area (Å²) >= 11 is 1.25. The van der Waals surface area contributed by atoms with E-state index in [1.165, 1.54) is 23.5 Å². The lowest BCUT2D eigenvalue weighted by Crippen LogP contribution is -2.30. The molecule has 4 aromatic rings. The number of nitrogens with zero attached hydrogens (tertiary/aromatic N) is 4. The second-order valence-corrected chi connectivity index (χ2v) is 9.22. The second kappa shape index (κ2) is 8.86. The van der Waals surface area contributed by atoms with Crippen LogP contribution in [0.3, 0.4) is 0 Å². The van der Waals surface area contributed by atoms with Gasteiger partial charge in [0.15, 0.2) is 0 Å². The van der Waals surface area contributed by atoms with Crippen molar-refractivity contribution in [3.8, 4) is 0 Å². The molecule has 3 aromatic heterocycles. The van der Waals surface area contributed by atoms with E-state index >= 15 is 0 Å². The Labute approximate surface area is 194 Å². The highest BCUT2D eigenvalue weighted by molar-refractivity contribution is 7.20. The summed E-state index contributed by atoms with van der Waals surface area (Å²) in [6.45, 7) is 2.70. The van der Waals surface area contributed by atoms with Gasteiger partial charge >= 0.3 is 0 Å². The molecular weight excluding hydrogens is 439 g/mol. The van der Waals surface area contributed by atoms with Crippen molar-refractivity contribution in [2.75, 3.05) is 4.90 Å². The van der Waals surface area contributed by atoms with E-state index in [-0.39, 0.29) is 23.8 Å². The summed E-state index contributed by atoms with van der Waals surface area (Å²) in [5, 5.41) is 0.519. The Morgan fingerprint density at radius 2 is 1.97 bits per heavy atom. The highest BCUT2D eigenvalue weighted by Crippen LogP contribution is 2.31. The molecule has 0 radical (unpaired) electrons. The van der Waals surface area contributed by atoms with Gasteiger partial charge in [-0.15, -0.1) is 11.3 Å². The predicted molar refractivity (Wildman–Crippen MR) is 127 cm³/mol. The second-order valence-electron chi connectivity index (χ2n) is 8.22. The third kappa shape index (κ3) is 4.06. The van der Waals surface area contributed by atoms with Crippen molar-refractivity contribution in [3.63, 3.8) is 0 Å². The van der Waals surface area contributed by atoms with Gasteiger partial charge in [0.1, 0.15) is 16.5 Å². The summed E-state index contributed by atoms with van der Waals surface area (Å²) in [7, 11) is 0. The number of aryl methyl sites for hydroxylation is 2. The first-order valence-electron chi connectivity index (χ1n) is 11.0. The van der Waals surface area contributed by atoms with Gasteiger partial charge in [-0.3, -0.25) is 19.1 Å². The van der Waals surface area contributed by atoms with E-state index in [1.54, 1.807) is 27.8 Å². The average Bonchev–Trinajstić information content (AvgIpc) is 2.99. The van der Waals surface area contributed by atoms with Crippen LogP contribution in [-0.2, 0) is 19.5 Å². The van der Waals surface area contributed by atoms with Gasteiger partial charge in [-0.25, -0.2) is 9.37 Å². The highest BCUT2D eigenvalue weighted by Gasteiger charge is 2.26. The SMILES string of the molecule is Cc1c(C(=O)N(Cc2ccccn2)c2ccc(F)cc2)sc2nc3n(c(=O)c12)CCCCC3. The third-order valence-electron chi connectivity index (χ3n) is 6.04. The normalized spacial score (nSPS) is 13.5. The van der Waals surface area contributed by atoms with Crippen molar-refractivity contribution in [2.24, 2.45) is 0 Å². The molecule has 1 aliphatic rings. The number of carbonyl (C=O) groups is 1. The number of amides is 1. The van der Waals surface area contributed by atoms with Crippen LogP contribution in [0.4, 0.5) is 10.1 Å². The molecule has 0 fully saturated rings. The Morgan fingerprint density at radius 1 is 1.15 bits per heavy atom. The molecule has 33 heavy (non-hydrogen) atoms. The fourth-order valence-corrected chi connectivity index (χ4v) is 5.43. The first kappa shape index (κ1) is 21.5. The van der Waals surface area contributed by atoms with Crippen LogP contribution in [0.5, 0.6) is 0 Å². The zero-order chi connectivity index (χ0) is 22.9. The number of pyridine rings is 1. The smallest absolute Gasteiger partial charge is 0.269 e. The monoisotopic (exact) mass is 462 g/mol. The first-order chi connectivity index (χ1) is 16.0. The van der Waals surface area contributed by atoms with Gasteiger partial charge in [0.05, 0.1) is 22.5 Å². The van der Waals surface area contributed by atoms with E-state index in [2.05, 4.69) is 4.98 Å². The van der Waals surface area contributed by atoms with E-state index in [1.807, 2.05) is 25.1 Å². The van der Waals surface area contributed by atoms with Crippen LogP contribution in [0.25, 0.3) is 10.2 Å². The van der Waals surface area contributed by atoms with Crippen molar-refractivity contribution in [1.29, 1.82) is 0 Å². The van der Waals surface area contributed by atoms with Crippen LogP contribution in [-0.4, -0.2) is 20.4 Å². The summed E-state index contributed by atoms with van der Waals surface area (Å²) in [4.78, 5) is 38.9. The number of carbonyl (C=O) groups excluding carboxylic acids is 1. The Kier molecular flexibility index (Phi) is 5.76. The molecule has 0 saturated heterocycles. The molecule has 0 bridgehead atoms. The van der Waals surface area contributed by atoms with Crippen molar-refractivity contribution in [3.05, 3.63) is 86.8 Å². The van der Waals surface area contributed by atoms with E-state index in [9.17, 15) is 14.0 Å². The summed E-state index contributed by atoms with van der Waals surface area (Å²) < 4.78 is 15.3. The summed E-state index contributed by atoms with van der Waals surface area (Å²) in [6.07, 6.45) is 5.49. The van der Waals surface area contributed by atoms with Gasteiger partial charge in [0.25, 0.3) is 11.5 Å². The molecule has 5 rings (SSSR count). The van der Waals surface area contributed by atoms with Gasteiger partial charge in [0, 0.05) is 24.8 Å². The molecule has 8 heteroatoms. The maximum absolute atomic E-state index is 13.8. The van der Waals surface area contributed by atoms with Gasteiger partial charge in [-0.1, -0.05) is 12.5 Å². The molecule has 1 aromatic carbocycles. The summed E-state index contributed by atoms with van der Waals surface area (Å²) in [6, 6.07) is 11.3. The molecular formula is C25H23FN4O2S. The highest BCUT2D eigenvalue weighted by atomic mass is 32.1. The minimum Gasteiger partial charge on any atom is -0.302 e. The maximum Gasteiger partial charge on any atom is 0.269 e. The Morgan fingerprint density at radius 3 is 2.73 bits per heavy atom. The quantitative estimate of drug-likeness (QED) is 0.434. The maximum atomic E-state index is 13.8. The standard InChI is InChI=1S/C25H23FN4O2S/c1-16-21-23(28-20-8-3-2-6-14-29(20)24(21)31)33-22(16)25(32)30(15-18-7-4-5-13-27-18)19-11-9-17(26)10-12-19/h4-5,7,9-13H,2-3,6,8,14-15H2,1H3. The number of rotatable bonds is 4. The molecule has 4 heterocycles. The molecule has 0 aliphatic carbocycles. The minimum atomic E-state index is -0.374. The summed E-state index contributed by atoms with van der Waals surface area (Å²) in [5.74, 6) is 0.169. The minimum absolute atomic E-state index is 0.0669. The lowest BCUT2D eigenvalue weighted by atomic mass is 10.1. The molecule has 0 saturated carbocycles. The van der Waals surface area contributed by atoms with E-state index in [0.717, 1.165) is 31.5 Å². The number of fused-ring (bicyclic) bond motifs is 2. The van der Waals surface area contributed by atoms with E-state index in [4.69, 9.17) is 4.98 Å². The van der Waals surface area contributed by atoms with Crippen LogP contribution >= 0.6 is 11.3 Å². The van der Waals surface area contributed by atoms with Crippen LogP contribution in [0, 0.1) is 12.7 Å². The number of hydrogen-bond acceptors (Lipinski definition) is 5. The number of benzene rings is 1. The zero-order valence-corrected chi connectivity index (χ0v) is 19.1. The molecule has 6 nitrogen and oxygen atoms in total. The van der Waals surface area contributed by atoms with Crippen LogP contribution in [0.15, 0.2) is 53.5 Å². The Hall–Kier alpha value is -3.39. The van der Waals surface area contributed by atoms with E-state index in [0.29, 0.717) is 38.6 Å². The van der Waals surface area contributed by atoms with E-state index < -0.39 is 0 Å². The van der Waals surface area contributed by atoms with Gasteiger partial charge in [-0.2, -0.15) is 0 Å². The first-order valence-corrected chi connectivity index (χ1v) is 11.8. The fourth-order valence-electron chi connectivity index (χ4n) is 4.29. The number of aromatic nitrogens is 3. The molecule has 168 valence electrons. The lowest BCUT2D eigenvalue weighted by molar-refractivity contribution is 0.0988. The molecule has 1 amide bonds. The Bertz CT molecular complexity index is 1380. The average molecular weight is 463 g/mol. The van der Waals surface area contributed by atoms with Crippen LogP contribution < -0.4 is 10.5 Å². The molecule has 0 atom stereocenters. The number of halogens is 1. The van der Waals surface area contributed by atoms with Crippen LogP contribution in [0.1, 0.15) is 46.0 Å². The summed E-state index contributed by atoms with van der Waals surface area (Å²) in [5.41, 5.74) is 1.84. The number of anilines is 1. The Balaban J connectivity index is 1.61. The molecule has 0 spiro atoms. The molecule has 0 N–H and O–H groups in total. The van der Waals surface area contributed by atoms with Crippen LogP contribution in [0.2, 0.25) is 0 Å². The van der Waals surface area contributed by atoms with Gasteiger partial charge < -0.3 is 4.90 Å². The van der Waals surface area contributed by atoms with Crippen molar-refractivity contribution in [2.45, 2.75) is 45.7 Å². The van der Waals surface area contributed by atoms with Crippen molar-refractivity contribution >= 4 is 33.1 Å². The van der Waals surface area contributed by atoms with Gasteiger partial charge in [-0.05, 0) is 61.7 Å². The molecule has 0 unspecified atom stereocenters. The number of thiophene rings is 1. The van der Waals surface area contributed by atoms with Gasteiger partial charge in [0.2, 0.25) is 0 Å². The lowest BCUT2D eigenvalue weighted by Gasteiger charge is -2.22. The predicted octanol–water partition coefficient (Wildman–Crippen LogP) is 4.87. The van der Waals surface area contributed by atoms with Crippen molar-refractivity contribution in [1.82, 2.24) is 14.5 Å². The van der Waals surface area contributed by atoms with Crippen molar-refractivity contribution < 1.29 is 9.18 Å². The largest absolute Gasteiger partial charge is 0.302 e. The fraction of sp³-hybridized carbons (Fsp3) is 0.280. The topological polar surface area (TPSA) is 68.1 Å². The third-order valence-corrected chi connectivity index (χ3v) is 7.21.